The van der Waals surface area contributed by atoms with Gasteiger partial charge in [-0.05, 0) is 48.8 Å². The van der Waals surface area contributed by atoms with E-state index in [0.717, 1.165) is 30.6 Å². The summed E-state index contributed by atoms with van der Waals surface area (Å²) in [4.78, 5) is 12.0. The standard InChI is InChI=1S/C15H21NO2S/c1-19-10-9-13(16)15(17)18-14-8-4-6-11-5-2-3-7-12(11)14/h2-3,5,7,13-14H,4,6,8-10,16H2,1H3/t13-,14?/m0/s1. The zero-order valence-corrected chi connectivity index (χ0v) is 12.1. The van der Waals surface area contributed by atoms with Crippen LogP contribution in [0.4, 0.5) is 0 Å². The number of carbonyl (C=O) groups is 1. The molecule has 0 radical (unpaired) electrons. The van der Waals surface area contributed by atoms with Gasteiger partial charge in [-0.15, -0.1) is 0 Å². The van der Waals surface area contributed by atoms with Gasteiger partial charge >= 0.3 is 5.97 Å². The summed E-state index contributed by atoms with van der Waals surface area (Å²) in [6.07, 6.45) is 5.61. The van der Waals surface area contributed by atoms with Gasteiger partial charge in [-0.3, -0.25) is 4.79 Å². The van der Waals surface area contributed by atoms with Gasteiger partial charge < -0.3 is 10.5 Å². The molecular weight excluding hydrogens is 258 g/mol. The van der Waals surface area contributed by atoms with Crippen molar-refractivity contribution >= 4 is 17.7 Å². The number of hydrogen-bond donors (Lipinski definition) is 1. The summed E-state index contributed by atoms with van der Waals surface area (Å²) in [6.45, 7) is 0. The molecular formula is C15H21NO2S. The minimum Gasteiger partial charge on any atom is -0.456 e. The third-order valence-electron chi connectivity index (χ3n) is 3.51. The Morgan fingerprint density at radius 3 is 3.11 bits per heavy atom. The number of fused-ring (bicyclic) bond motifs is 1. The highest BCUT2D eigenvalue weighted by Crippen LogP contribution is 2.32. The molecule has 4 heteroatoms. The Morgan fingerprint density at radius 2 is 2.32 bits per heavy atom. The Kier molecular flexibility index (Phi) is 5.28. The number of nitrogens with two attached hydrogens (primary N) is 1. The van der Waals surface area contributed by atoms with Crippen molar-refractivity contribution in [3.8, 4) is 0 Å². The van der Waals surface area contributed by atoms with Gasteiger partial charge in [0.25, 0.3) is 0 Å². The fourth-order valence-electron chi connectivity index (χ4n) is 2.42. The van der Waals surface area contributed by atoms with Crippen molar-refractivity contribution < 1.29 is 9.53 Å². The van der Waals surface area contributed by atoms with E-state index in [1.54, 1.807) is 11.8 Å². The fourth-order valence-corrected chi connectivity index (χ4v) is 2.91. The molecule has 19 heavy (non-hydrogen) atoms. The highest BCUT2D eigenvalue weighted by Gasteiger charge is 2.25. The quantitative estimate of drug-likeness (QED) is 0.842. The Morgan fingerprint density at radius 1 is 1.53 bits per heavy atom. The Bertz CT molecular complexity index is 436. The smallest absolute Gasteiger partial charge is 0.323 e. The van der Waals surface area contributed by atoms with Crippen LogP contribution in [0.25, 0.3) is 0 Å². The van der Waals surface area contributed by atoms with E-state index in [9.17, 15) is 4.79 Å². The maximum Gasteiger partial charge on any atom is 0.323 e. The molecule has 1 aliphatic rings. The molecule has 0 spiro atoms. The molecule has 1 unspecified atom stereocenters. The van der Waals surface area contributed by atoms with Crippen LogP contribution in [-0.4, -0.2) is 24.0 Å². The van der Waals surface area contributed by atoms with E-state index in [2.05, 4.69) is 12.1 Å². The summed E-state index contributed by atoms with van der Waals surface area (Å²) in [5.74, 6) is 0.619. The lowest BCUT2D eigenvalue weighted by Gasteiger charge is -2.26. The van der Waals surface area contributed by atoms with E-state index in [0.29, 0.717) is 6.42 Å². The summed E-state index contributed by atoms with van der Waals surface area (Å²) in [5.41, 5.74) is 8.30. The van der Waals surface area contributed by atoms with E-state index in [1.807, 2.05) is 18.4 Å². The third kappa shape index (κ3) is 3.74. The first-order valence-corrected chi connectivity index (χ1v) is 8.14. The number of thioether (sulfide) groups is 1. The fraction of sp³-hybridized carbons (Fsp3) is 0.533. The number of benzene rings is 1. The van der Waals surface area contributed by atoms with Gasteiger partial charge in [0, 0.05) is 0 Å². The van der Waals surface area contributed by atoms with E-state index < -0.39 is 6.04 Å². The van der Waals surface area contributed by atoms with Crippen LogP contribution in [0.3, 0.4) is 0 Å². The largest absolute Gasteiger partial charge is 0.456 e. The second-order valence-corrected chi connectivity index (χ2v) is 5.89. The molecule has 0 heterocycles. The predicted octanol–water partition coefficient (Wildman–Crippen LogP) is 2.69. The molecule has 2 rings (SSSR count). The van der Waals surface area contributed by atoms with Crippen LogP contribution in [0.5, 0.6) is 0 Å². The molecule has 0 saturated heterocycles. The lowest BCUT2D eigenvalue weighted by Crippen LogP contribution is -2.34. The molecule has 0 saturated carbocycles. The number of hydrogen-bond acceptors (Lipinski definition) is 4. The van der Waals surface area contributed by atoms with Gasteiger partial charge in [-0.1, -0.05) is 24.3 Å². The lowest BCUT2D eigenvalue weighted by molar-refractivity contribution is -0.151. The van der Waals surface area contributed by atoms with E-state index in [-0.39, 0.29) is 12.1 Å². The molecule has 0 aliphatic heterocycles. The average Bonchev–Trinajstić information content (AvgIpc) is 2.45. The number of ether oxygens (including phenoxy) is 1. The summed E-state index contributed by atoms with van der Waals surface area (Å²) < 4.78 is 5.60. The normalized spacial score (nSPS) is 19.6. The molecule has 0 fully saturated rings. The van der Waals surface area contributed by atoms with Crippen molar-refractivity contribution in [1.29, 1.82) is 0 Å². The van der Waals surface area contributed by atoms with Crippen LogP contribution in [0.1, 0.15) is 36.5 Å². The molecule has 0 amide bonds. The van der Waals surface area contributed by atoms with Crippen LogP contribution in [0.15, 0.2) is 24.3 Å². The van der Waals surface area contributed by atoms with Crippen LogP contribution in [0.2, 0.25) is 0 Å². The van der Waals surface area contributed by atoms with Crippen molar-refractivity contribution in [3.63, 3.8) is 0 Å². The number of carbonyl (C=O) groups excluding carboxylic acids is 1. The van der Waals surface area contributed by atoms with E-state index in [4.69, 9.17) is 10.5 Å². The molecule has 1 aliphatic carbocycles. The minimum atomic E-state index is -0.499. The third-order valence-corrected chi connectivity index (χ3v) is 4.15. The van der Waals surface area contributed by atoms with Gasteiger partial charge in [-0.2, -0.15) is 11.8 Å². The Hall–Kier alpha value is -1.00. The minimum absolute atomic E-state index is 0.113. The topological polar surface area (TPSA) is 52.3 Å². The zero-order chi connectivity index (χ0) is 13.7. The Balaban J connectivity index is 1.98. The summed E-state index contributed by atoms with van der Waals surface area (Å²) >= 11 is 1.69. The van der Waals surface area contributed by atoms with Crippen molar-refractivity contribution in [2.75, 3.05) is 12.0 Å². The van der Waals surface area contributed by atoms with Gasteiger partial charge in [-0.25, -0.2) is 0 Å². The van der Waals surface area contributed by atoms with Gasteiger partial charge in [0.15, 0.2) is 0 Å². The molecule has 3 nitrogen and oxygen atoms in total. The first-order valence-electron chi connectivity index (χ1n) is 6.75. The maximum atomic E-state index is 12.0. The van der Waals surface area contributed by atoms with Crippen LogP contribution < -0.4 is 5.73 Å². The molecule has 2 atom stereocenters. The summed E-state index contributed by atoms with van der Waals surface area (Å²) in [6, 6.07) is 7.70. The second-order valence-electron chi connectivity index (χ2n) is 4.90. The highest BCUT2D eigenvalue weighted by atomic mass is 32.2. The van der Waals surface area contributed by atoms with Crippen LogP contribution in [-0.2, 0) is 16.0 Å². The monoisotopic (exact) mass is 279 g/mol. The van der Waals surface area contributed by atoms with Gasteiger partial charge in [0.2, 0.25) is 0 Å². The SMILES string of the molecule is CSCC[C@H](N)C(=O)OC1CCCc2ccccc21. The molecule has 2 N–H and O–H groups in total. The lowest BCUT2D eigenvalue weighted by atomic mass is 9.89. The van der Waals surface area contributed by atoms with Crippen molar-refractivity contribution in [2.45, 2.75) is 37.8 Å². The van der Waals surface area contributed by atoms with Crippen LogP contribution in [0, 0.1) is 0 Å². The van der Waals surface area contributed by atoms with Crippen molar-refractivity contribution in [1.82, 2.24) is 0 Å². The summed E-state index contributed by atoms with van der Waals surface area (Å²) in [7, 11) is 0. The molecule has 1 aromatic rings. The zero-order valence-electron chi connectivity index (χ0n) is 11.3. The highest BCUT2D eigenvalue weighted by molar-refractivity contribution is 7.98. The van der Waals surface area contributed by atoms with Crippen molar-refractivity contribution in [3.05, 3.63) is 35.4 Å². The predicted molar refractivity (Wildman–Crippen MR) is 79.2 cm³/mol. The summed E-state index contributed by atoms with van der Waals surface area (Å²) in [5, 5.41) is 0. The number of rotatable bonds is 5. The van der Waals surface area contributed by atoms with Crippen molar-refractivity contribution in [2.24, 2.45) is 5.73 Å². The molecule has 0 aromatic heterocycles. The Labute approximate surface area is 118 Å². The first kappa shape index (κ1) is 14.4. The van der Waals surface area contributed by atoms with Gasteiger partial charge in [0.1, 0.15) is 12.1 Å². The second kappa shape index (κ2) is 6.96. The molecule has 0 bridgehead atoms. The number of aryl methyl sites for hydroxylation is 1. The van der Waals surface area contributed by atoms with E-state index in [1.165, 1.54) is 5.56 Å². The molecule has 1 aromatic carbocycles. The van der Waals surface area contributed by atoms with Crippen LogP contribution >= 0.6 is 11.8 Å². The molecule has 104 valence electrons. The van der Waals surface area contributed by atoms with E-state index >= 15 is 0 Å². The first-order chi connectivity index (χ1) is 9.22. The average molecular weight is 279 g/mol. The maximum absolute atomic E-state index is 12.0. The van der Waals surface area contributed by atoms with Gasteiger partial charge in [0.05, 0.1) is 0 Å². The number of esters is 1.